The lowest BCUT2D eigenvalue weighted by atomic mass is 9.90. The maximum absolute atomic E-state index is 12.8. The number of halogens is 1. The van der Waals surface area contributed by atoms with Gasteiger partial charge in [0, 0.05) is 36.6 Å². The molecule has 2 N–H and O–H groups in total. The average Bonchev–Trinajstić information content (AvgIpc) is 3.28. The second kappa shape index (κ2) is 9.79. The highest BCUT2D eigenvalue weighted by atomic mass is 35.5. The fraction of sp³-hybridized carbons (Fsp3) is 0.222. The molecular formula is C27H26ClN3O3. The first-order chi connectivity index (χ1) is 16.6. The standard InChI is InChI=1S/C27H26ClN3O3/c28-22-8-6-21(7-9-22)25-18-27(34-30-25)14-16-31(17-15-27)26(32)29-23-10-12-24(13-11-23)33-19-20-4-2-1-3-5-20/h1-13,18,30H,14-17,19H2,(H,29,32). The summed E-state index contributed by atoms with van der Waals surface area (Å²) < 4.78 is 5.81. The van der Waals surface area contributed by atoms with Gasteiger partial charge in [-0.25, -0.2) is 4.79 Å². The fourth-order valence-electron chi connectivity index (χ4n) is 4.16. The van der Waals surface area contributed by atoms with Gasteiger partial charge in [0.05, 0.1) is 5.70 Å². The van der Waals surface area contributed by atoms with E-state index in [1.54, 1.807) is 0 Å². The predicted molar refractivity (Wildman–Crippen MR) is 133 cm³/mol. The van der Waals surface area contributed by atoms with Gasteiger partial charge < -0.3 is 15.0 Å². The van der Waals surface area contributed by atoms with Crippen LogP contribution in [0.3, 0.4) is 0 Å². The zero-order valence-electron chi connectivity index (χ0n) is 18.7. The molecule has 5 rings (SSSR count). The number of carbonyl (C=O) groups excluding carboxylic acids is 1. The minimum atomic E-state index is -0.399. The first-order valence-corrected chi connectivity index (χ1v) is 11.7. The molecule has 7 heteroatoms. The zero-order valence-corrected chi connectivity index (χ0v) is 19.4. The van der Waals surface area contributed by atoms with Crippen LogP contribution in [0.1, 0.15) is 24.0 Å². The van der Waals surface area contributed by atoms with Gasteiger partial charge in [-0.2, -0.15) is 0 Å². The van der Waals surface area contributed by atoms with Crippen LogP contribution in [0.4, 0.5) is 10.5 Å². The first-order valence-electron chi connectivity index (χ1n) is 11.3. The maximum atomic E-state index is 12.8. The number of rotatable bonds is 5. The lowest BCUT2D eigenvalue weighted by Crippen LogP contribution is -2.48. The van der Waals surface area contributed by atoms with Gasteiger partial charge >= 0.3 is 6.03 Å². The van der Waals surface area contributed by atoms with Crippen LogP contribution in [0.15, 0.2) is 84.9 Å². The molecule has 0 atom stereocenters. The number of nitrogens with zero attached hydrogens (tertiary/aromatic N) is 1. The molecule has 3 aromatic rings. The monoisotopic (exact) mass is 475 g/mol. The van der Waals surface area contributed by atoms with Gasteiger partial charge in [0.15, 0.2) is 0 Å². The molecule has 0 bridgehead atoms. The van der Waals surface area contributed by atoms with Crippen molar-refractivity contribution in [2.45, 2.75) is 25.0 Å². The molecule has 0 unspecified atom stereocenters. The highest BCUT2D eigenvalue weighted by Crippen LogP contribution is 2.35. The van der Waals surface area contributed by atoms with E-state index in [-0.39, 0.29) is 6.03 Å². The largest absolute Gasteiger partial charge is 0.489 e. The lowest BCUT2D eigenvalue weighted by molar-refractivity contribution is -0.0634. The Bertz CT molecular complexity index is 1160. The summed E-state index contributed by atoms with van der Waals surface area (Å²) in [5.41, 5.74) is 6.46. The van der Waals surface area contributed by atoms with Crippen LogP contribution in [0, 0.1) is 0 Å². The number of hydrogen-bond acceptors (Lipinski definition) is 4. The fourth-order valence-corrected chi connectivity index (χ4v) is 4.29. The van der Waals surface area contributed by atoms with Crippen LogP contribution in [0.2, 0.25) is 5.02 Å². The second-order valence-electron chi connectivity index (χ2n) is 8.55. The molecule has 0 aliphatic carbocycles. The Balaban J connectivity index is 1.12. The number of urea groups is 1. The Labute approximate surface area is 204 Å². The van der Waals surface area contributed by atoms with E-state index in [9.17, 15) is 4.79 Å². The van der Waals surface area contributed by atoms with Gasteiger partial charge in [0.1, 0.15) is 18.0 Å². The van der Waals surface area contributed by atoms with Crippen molar-refractivity contribution in [1.82, 2.24) is 10.4 Å². The van der Waals surface area contributed by atoms with E-state index in [1.807, 2.05) is 83.8 Å². The van der Waals surface area contributed by atoms with Crippen molar-refractivity contribution in [3.63, 3.8) is 0 Å². The van der Waals surface area contributed by atoms with Crippen molar-refractivity contribution in [2.24, 2.45) is 0 Å². The van der Waals surface area contributed by atoms with Crippen LogP contribution in [0.25, 0.3) is 5.70 Å². The third-order valence-corrected chi connectivity index (χ3v) is 6.43. The van der Waals surface area contributed by atoms with Crippen LogP contribution < -0.4 is 15.5 Å². The molecule has 174 valence electrons. The molecular weight excluding hydrogens is 450 g/mol. The van der Waals surface area contributed by atoms with Crippen molar-refractivity contribution < 1.29 is 14.4 Å². The SMILES string of the molecule is O=C(Nc1ccc(OCc2ccccc2)cc1)N1CCC2(C=C(c3ccc(Cl)cc3)NO2)CC1. The van der Waals surface area contributed by atoms with Crippen molar-refractivity contribution >= 4 is 29.0 Å². The molecule has 1 spiro atoms. The second-order valence-corrected chi connectivity index (χ2v) is 8.99. The summed E-state index contributed by atoms with van der Waals surface area (Å²) >= 11 is 5.99. The average molecular weight is 476 g/mol. The normalized spacial score (nSPS) is 16.6. The van der Waals surface area contributed by atoms with E-state index < -0.39 is 5.60 Å². The molecule has 0 radical (unpaired) electrons. The summed E-state index contributed by atoms with van der Waals surface area (Å²) in [6, 6.07) is 25.0. The van der Waals surface area contributed by atoms with E-state index in [0.717, 1.165) is 41.1 Å². The molecule has 3 aromatic carbocycles. The molecule has 0 aromatic heterocycles. The molecule has 1 fully saturated rings. The van der Waals surface area contributed by atoms with Gasteiger partial charge in [0.2, 0.25) is 0 Å². The number of anilines is 1. The number of hydrogen-bond donors (Lipinski definition) is 2. The summed E-state index contributed by atoms with van der Waals surface area (Å²) in [7, 11) is 0. The Kier molecular flexibility index (Phi) is 6.43. The molecule has 2 amide bonds. The lowest BCUT2D eigenvalue weighted by Gasteiger charge is -2.36. The number of hydroxylamine groups is 1. The number of piperidine rings is 1. The number of ether oxygens (including phenoxy) is 1. The van der Waals surface area contributed by atoms with E-state index in [2.05, 4.69) is 16.9 Å². The Morgan fingerprint density at radius 2 is 1.71 bits per heavy atom. The topological polar surface area (TPSA) is 62.8 Å². The van der Waals surface area contributed by atoms with Crippen molar-refractivity contribution in [1.29, 1.82) is 0 Å². The summed E-state index contributed by atoms with van der Waals surface area (Å²) in [5.74, 6) is 0.760. The van der Waals surface area contributed by atoms with Gasteiger partial charge in [-0.3, -0.25) is 10.3 Å². The maximum Gasteiger partial charge on any atom is 0.321 e. The summed E-state index contributed by atoms with van der Waals surface area (Å²) in [6.07, 6.45) is 3.56. The van der Waals surface area contributed by atoms with Crippen LogP contribution in [-0.4, -0.2) is 29.6 Å². The molecule has 34 heavy (non-hydrogen) atoms. The van der Waals surface area contributed by atoms with E-state index in [1.165, 1.54) is 0 Å². The number of carbonyl (C=O) groups is 1. The molecule has 2 heterocycles. The Hall–Kier alpha value is -3.48. The highest BCUT2D eigenvalue weighted by molar-refractivity contribution is 6.30. The number of likely N-dealkylation sites (tertiary alicyclic amines) is 1. The van der Waals surface area contributed by atoms with Crippen molar-refractivity contribution in [3.05, 3.63) is 101 Å². The number of amides is 2. The number of benzene rings is 3. The highest BCUT2D eigenvalue weighted by Gasteiger charge is 2.39. The minimum Gasteiger partial charge on any atom is -0.489 e. The van der Waals surface area contributed by atoms with E-state index in [0.29, 0.717) is 24.7 Å². The number of nitrogens with one attached hydrogen (secondary N) is 2. The summed E-state index contributed by atoms with van der Waals surface area (Å²) in [4.78, 5) is 20.6. The molecule has 6 nitrogen and oxygen atoms in total. The predicted octanol–water partition coefficient (Wildman–Crippen LogP) is 5.86. The Morgan fingerprint density at radius 3 is 2.41 bits per heavy atom. The Morgan fingerprint density at radius 1 is 1.00 bits per heavy atom. The summed E-state index contributed by atoms with van der Waals surface area (Å²) in [6.45, 7) is 1.72. The molecule has 2 aliphatic rings. The van der Waals surface area contributed by atoms with Gasteiger partial charge in [-0.1, -0.05) is 54.1 Å². The molecule has 0 saturated carbocycles. The van der Waals surface area contributed by atoms with E-state index >= 15 is 0 Å². The summed E-state index contributed by atoms with van der Waals surface area (Å²) in [5, 5.41) is 3.68. The smallest absolute Gasteiger partial charge is 0.321 e. The van der Waals surface area contributed by atoms with Crippen LogP contribution >= 0.6 is 11.6 Å². The molecule has 2 aliphatic heterocycles. The minimum absolute atomic E-state index is 0.110. The third kappa shape index (κ3) is 5.19. The quantitative estimate of drug-likeness (QED) is 0.485. The van der Waals surface area contributed by atoms with Crippen LogP contribution in [0.5, 0.6) is 5.75 Å². The van der Waals surface area contributed by atoms with Crippen molar-refractivity contribution in [3.8, 4) is 5.75 Å². The van der Waals surface area contributed by atoms with Gasteiger partial charge in [-0.15, -0.1) is 0 Å². The third-order valence-electron chi connectivity index (χ3n) is 6.18. The zero-order chi connectivity index (χ0) is 23.4. The van der Waals surface area contributed by atoms with Crippen molar-refractivity contribution in [2.75, 3.05) is 18.4 Å². The molecule has 1 saturated heterocycles. The first kappa shape index (κ1) is 22.3. The van der Waals surface area contributed by atoms with Gasteiger partial charge in [-0.05, 0) is 53.6 Å². The van der Waals surface area contributed by atoms with Gasteiger partial charge in [0.25, 0.3) is 0 Å². The van der Waals surface area contributed by atoms with E-state index in [4.69, 9.17) is 21.2 Å². The van der Waals surface area contributed by atoms with Crippen LogP contribution in [-0.2, 0) is 11.4 Å².